The van der Waals surface area contributed by atoms with Crippen molar-refractivity contribution in [2.75, 3.05) is 0 Å². The molecule has 3 heteroatoms. The van der Waals surface area contributed by atoms with E-state index >= 15 is 0 Å². The van der Waals surface area contributed by atoms with Gasteiger partial charge in [-0.15, -0.1) is 0 Å². The zero-order chi connectivity index (χ0) is 6.69. The van der Waals surface area contributed by atoms with Gasteiger partial charge in [0, 0.05) is 12.4 Å². The Kier molecular flexibility index (Phi) is 1.95. The lowest BCUT2D eigenvalue weighted by Crippen LogP contribution is -2.11. The molecule has 2 N–H and O–H groups in total. The van der Waals surface area contributed by atoms with Crippen molar-refractivity contribution in [3.05, 3.63) is 0 Å². The molecule has 1 aliphatic rings. The second-order valence-electron chi connectivity index (χ2n) is 2.12. The number of hydrogen-bond acceptors (Lipinski definition) is 3. The Balaban J connectivity index is 2.36. The fourth-order valence-electron chi connectivity index (χ4n) is 0.934. The number of hydrogen-bond donors (Lipinski definition) is 2. The fraction of sp³-hybridized carbons (Fsp3) is 0.667. The monoisotopic (exact) mass is 126 g/mol. The Hall–Kier alpha value is -0.700. The van der Waals surface area contributed by atoms with E-state index in [0.29, 0.717) is 0 Å². The minimum Gasteiger partial charge on any atom is -0.364 e. The van der Waals surface area contributed by atoms with Crippen LogP contribution >= 0.6 is 0 Å². The van der Waals surface area contributed by atoms with Gasteiger partial charge in [0.05, 0.1) is 12.2 Å². The van der Waals surface area contributed by atoms with Crippen molar-refractivity contribution in [1.82, 2.24) is 0 Å². The first-order valence-electron chi connectivity index (χ1n) is 3.03. The standard InChI is InChI=1S/C6H10N2O/c7-3-5-1-2-6(4-8)9-5/h3-8H,1-2H2. The Bertz CT molecular complexity index is 110. The molecule has 0 radical (unpaired) electrons. The largest absolute Gasteiger partial charge is 0.364 e. The van der Waals surface area contributed by atoms with Crippen molar-refractivity contribution >= 4 is 12.4 Å². The van der Waals surface area contributed by atoms with E-state index in [4.69, 9.17) is 15.6 Å². The van der Waals surface area contributed by atoms with Gasteiger partial charge < -0.3 is 15.6 Å². The maximum absolute atomic E-state index is 6.84. The normalized spacial score (nSPS) is 34.2. The minimum absolute atomic E-state index is 0.0309. The Labute approximate surface area is 54.0 Å². The van der Waals surface area contributed by atoms with E-state index in [-0.39, 0.29) is 12.2 Å². The van der Waals surface area contributed by atoms with E-state index in [1.807, 2.05) is 0 Å². The molecule has 3 nitrogen and oxygen atoms in total. The average Bonchev–Trinajstić information content (AvgIpc) is 2.34. The molecule has 0 aromatic carbocycles. The van der Waals surface area contributed by atoms with E-state index in [0.717, 1.165) is 12.8 Å². The van der Waals surface area contributed by atoms with Crippen LogP contribution in [0.25, 0.3) is 0 Å². The van der Waals surface area contributed by atoms with E-state index in [1.165, 1.54) is 12.4 Å². The maximum atomic E-state index is 6.84. The van der Waals surface area contributed by atoms with Crippen LogP contribution in [0.2, 0.25) is 0 Å². The van der Waals surface area contributed by atoms with Crippen LogP contribution in [0.5, 0.6) is 0 Å². The highest BCUT2D eigenvalue weighted by atomic mass is 16.5. The third kappa shape index (κ3) is 1.36. The van der Waals surface area contributed by atoms with Crippen LogP contribution in [0, 0.1) is 10.8 Å². The van der Waals surface area contributed by atoms with Crippen molar-refractivity contribution in [2.45, 2.75) is 25.0 Å². The molecule has 0 aromatic heterocycles. The third-order valence-electron chi connectivity index (χ3n) is 1.46. The Morgan fingerprint density at radius 2 is 1.56 bits per heavy atom. The summed E-state index contributed by atoms with van der Waals surface area (Å²) in [5, 5.41) is 13.7. The summed E-state index contributed by atoms with van der Waals surface area (Å²) in [6.07, 6.45) is 4.31. The van der Waals surface area contributed by atoms with Crippen LogP contribution in [0.15, 0.2) is 0 Å². The first-order valence-corrected chi connectivity index (χ1v) is 3.03. The lowest BCUT2D eigenvalue weighted by Gasteiger charge is -2.02. The summed E-state index contributed by atoms with van der Waals surface area (Å²) in [6.45, 7) is 0. The van der Waals surface area contributed by atoms with E-state index < -0.39 is 0 Å². The first-order chi connectivity index (χ1) is 4.36. The van der Waals surface area contributed by atoms with Crippen molar-refractivity contribution in [3.63, 3.8) is 0 Å². The molecule has 0 aliphatic carbocycles. The zero-order valence-corrected chi connectivity index (χ0v) is 5.13. The van der Waals surface area contributed by atoms with Gasteiger partial charge in [0.25, 0.3) is 0 Å². The second-order valence-corrected chi connectivity index (χ2v) is 2.12. The number of ether oxygens (including phenoxy) is 1. The summed E-state index contributed by atoms with van der Waals surface area (Å²) in [7, 11) is 0. The highest BCUT2D eigenvalue weighted by molar-refractivity contribution is 5.64. The van der Waals surface area contributed by atoms with Crippen molar-refractivity contribution in [2.24, 2.45) is 0 Å². The van der Waals surface area contributed by atoms with Gasteiger partial charge in [0.15, 0.2) is 0 Å². The summed E-state index contributed by atoms with van der Waals surface area (Å²) in [6, 6.07) is 0. The molecule has 0 amide bonds. The molecule has 2 atom stereocenters. The van der Waals surface area contributed by atoms with Gasteiger partial charge >= 0.3 is 0 Å². The van der Waals surface area contributed by atoms with Gasteiger partial charge in [-0.25, -0.2) is 0 Å². The number of rotatable bonds is 2. The van der Waals surface area contributed by atoms with Crippen LogP contribution in [0.3, 0.4) is 0 Å². The summed E-state index contributed by atoms with van der Waals surface area (Å²) in [4.78, 5) is 0. The summed E-state index contributed by atoms with van der Waals surface area (Å²) < 4.78 is 5.17. The first kappa shape index (κ1) is 6.42. The molecule has 0 spiro atoms. The van der Waals surface area contributed by atoms with Crippen LogP contribution in [0.1, 0.15) is 12.8 Å². The maximum Gasteiger partial charge on any atom is 0.0928 e. The molecule has 1 heterocycles. The highest BCUT2D eigenvalue weighted by Crippen LogP contribution is 2.15. The molecular formula is C6H10N2O. The predicted molar refractivity (Wildman–Crippen MR) is 35.5 cm³/mol. The average molecular weight is 126 g/mol. The van der Waals surface area contributed by atoms with E-state index in [2.05, 4.69) is 0 Å². The summed E-state index contributed by atoms with van der Waals surface area (Å²) >= 11 is 0. The van der Waals surface area contributed by atoms with Crippen molar-refractivity contribution < 1.29 is 4.74 Å². The Morgan fingerprint density at radius 1 is 1.11 bits per heavy atom. The van der Waals surface area contributed by atoms with Gasteiger partial charge in [0.1, 0.15) is 0 Å². The molecule has 1 aliphatic heterocycles. The molecule has 0 saturated carbocycles. The minimum atomic E-state index is -0.0309. The topological polar surface area (TPSA) is 56.9 Å². The molecule has 2 unspecified atom stereocenters. The van der Waals surface area contributed by atoms with Crippen LogP contribution in [-0.4, -0.2) is 24.6 Å². The van der Waals surface area contributed by atoms with E-state index in [1.54, 1.807) is 0 Å². The van der Waals surface area contributed by atoms with Gasteiger partial charge in [-0.3, -0.25) is 0 Å². The van der Waals surface area contributed by atoms with Gasteiger partial charge in [-0.05, 0) is 12.8 Å². The zero-order valence-electron chi connectivity index (χ0n) is 5.13. The van der Waals surface area contributed by atoms with Crippen molar-refractivity contribution in [3.8, 4) is 0 Å². The quantitative estimate of drug-likeness (QED) is 0.529. The summed E-state index contributed by atoms with van der Waals surface area (Å²) in [5.41, 5.74) is 0. The van der Waals surface area contributed by atoms with Gasteiger partial charge in [-0.2, -0.15) is 0 Å². The van der Waals surface area contributed by atoms with Gasteiger partial charge in [-0.1, -0.05) is 0 Å². The Morgan fingerprint density at radius 3 is 1.78 bits per heavy atom. The second kappa shape index (κ2) is 2.73. The van der Waals surface area contributed by atoms with Crippen molar-refractivity contribution in [1.29, 1.82) is 10.8 Å². The highest BCUT2D eigenvalue weighted by Gasteiger charge is 2.20. The molecule has 9 heavy (non-hydrogen) atoms. The predicted octanol–water partition coefficient (Wildman–Crippen LogP) is 0.833. The van der Waals surface area contributed by atoms with Gasteiger partial charge in [0.2, 0.25) is 0 Å². The summed E-state index contributed by atoms with van der Waals surface area (Å²) in [5.74, 6) is 0. The molecule has 1 saturated heterocycles. The third-order valence-corrected chi connectivity index (χ3v) is 1.46. The molecule has 1 rings (SSSR count). The lowest BCUT2D eigenvalue weighted by atomic mass is 10.2. The molecule has 1 fully saturated rings. The van der Waals surface area contributed by atoms with Crippen LogP contribution < -0.4 is 0 Å². The van der Waals surface area contributed by atoms with E-state index in [9.17, 15) is 0 Å². The molecule has 50 valence electrons. The smallest absolute Gasteiger partial charge is 0.0928 e. The molecule has 0 aromatic rings. The lowest BCUT2D eigenvalue weighted by molar-refractivity contribution is 0.128. The SMILES string of the molecule is N=CC1CCC(C=N)O1. The molecule has 0 bridgehead atoms. The van der Waals surface area contributed by atoms with Crippen LogP contribution in [0.4, 0.5) is 0 Å². The molecular weight excluding hydrogens is 116 g/mol. The fourth-order valence-corrected chi connectivity index (χ4v) is 0.934. The van der Waals surface area contributed by atoms with Crippen LogP contribution in [-0.2, 0) is 4.74 Å². The number of nitrogens with one attached hydrogen (secondary N) is 2.